The SMILES string of the molecule is CC1CC(NC(C)c2ccc(Cl)c(Cl)c2Cl)CCO1. The molecule has 5 heteroatoms. The average molecular weight is 323 g/mol. The summed E-state index contributed by atoms with van der Waals surface area (Å²) >= 11 is 18.3. The van der Waals surface area contributed by atoms with Gasteiger partial charge in [-0.2, -0.15) is 0 Å². The molecule has 1 aromatic carbocycles. The van der Waals surface area contributed by atoms with E-state index in [0.717, 1.165) is 25.0 Å². The fourth-order valence-corrected chi connectivity index (χ4v) is 3.17. The van der Waals surface area contributed by atoms with Crippen molar-refractivity contribution in [3.05, 3.63) is 32.8 Å². The van der Waals surface area contributed by atoms with Crippen molar-refractivity contribution in [1.29, 1.82) is 0 Å². The van der Waals surface area contributed by atoms with Gasteiger partial charge < -0.3 is 10.1 Å². The van der Waals surface area contributed by atoms with E-state index in [-0.39, 0.29) is 6.04 Å². The van der Waals surface area contributed by atoms with E-state index in [1.54, 1.807) is 6.07 Å². The summed E-state index contributed by atoms with van der Waals surface area (Å²) in [6, 6.07) is 4.30. The molecule has 19 heavy (non-hydrogen) atoms. The highest BCUT2D eigenvalue weighted by Gasteiger charge is 2.22. The van der Waals surface area contributed by atoms with Crippen LogP contribution in [-0.2, 0) is 4.74 Å². The molecule has 0 amide bonds. The second-order valence-electron chi connectivity index (χ2n) is 5.06. The Bertz CT molecular complexity index is 453. The second kappa shape index (κ2) is 6.64. The third-order valence-electron chi connectivity index (χ3n) is 3.50. The van der Waals surface area contributed by atoms with Crippen LogP contribution in [0.1, 0.15) is 38.3 Å². The number of rotatable bonds is 3. The van der Waals surface area contributed by atoms with Crippen LogP contribution in [0.5, 0.6) is 0 Å². The molecule has 1 fully saturated rings. The van der Waals surface area contributed by atoms with Crippen LogP contribution in [0.15, 0.2) is 12.1 Å². The van der Waals surface area contributed by atoms with Crippen LogP contribution in [0.2, 0.25) is 15.1 Å². The number of nitrogens with one attached hydrogen (secondary N) is 1. The Labute approximate surface area is 129 Å². The number of hydrogen-bond donors (Lipinski definition) is 1. The molecule has 0 aliphatic carbocycles. The molecule has 1 aliphatic rings. The van der Waals surface area contributed by atoms with E-state index in [1.807, 2.05) is 6.07 Å². The minimum Gasteiger partial charge on any atom is -0.378 e. The lowest BCUT2D eigenvalue weighted by atomic mass is 10.0. The molecular weight excluding hydrogens is 305 g/mol. The molecule has 1 aromatic rings. The summed E-state index contributed by atoms with van der Waals surface area (Å²) in [7, 11) is 0. The molecule has 0 aromatic heterocycles. The molecule has 0 radical (unpaired) electrons. The molecule has 3 unspecified atom stereocenters. The van der Waals surface area contributed by atoms with Crippen molar-refractivity contribution in [2.75, 3.05) is 6.61 Å². The van der Waals surface area contributed by atoms with Gasteiger partial charge in [0.15, 0.2) is 0 Å². The topological polar surface area (TPSA) is 21.3 Å². The Kier molecular flexibility index (Phi) is 5.38. The predicted molar refractivity (Wildman–Crippen MR) is 81.5 cm³/mol. The van der Waals surface area contributed by atoms with Gasteiger partial charge in [0, 0.05) is 18.7 Å². The van der Waals surface area contributed by atoms with Gasteiger partial charge >= 0.3 is 0 Å². The molecule has 2 rings (SSSR count). The highest BCUT2D eigenvalue weighted by molar-refractivity contribution is 6.48. The Morgan fingerprint density at radius 1 is 1.26 bits per heavy atom. The zero-order valence-electron chi connectivity index (χ0n) is 11.1. The predicted octanol–water partition coefficient (Wildman–Crippen LogP) is 4.86. The summed E-state index contributed by atoms with van der Waals surface area (Å²) in [6.07, 6.45) is 2.35. The van der Waals surface area contributed by atoms with E-state index < -0.39 is 0 Å². The van der Waals surface area contributed by atoms with Crippen LogP contribution in [-0.4, -0.2) is 18.8 Å². The maximum Gasteiger partial charge on any atom is 0.0781 e. The molecule has 0 saturated carbocycles. The van der Waals surface area contributed by atoms with Crippen molar-refractivity contribution in [1.82, 2.24) is 5.32 Å². The summed E-state index contributed by atoms with van der Waals surface area (Å²) in [6.45, 7) is 5.00. The van der Waals surface area contributed by atoms with E-state index in [0.29, 0.717) is 27.2 Å². The van der Waals surface area contributed by atoms with Crippen LogP contribution < -0.4 is 5.32 Å². The summed E-state index contributed by atoms with van der Waals surface area (Å²) in [5.74, 6) is 0. The smallest absolute Gasteiger partial charge is 0.0781 e. The molecule has 3 atom stereocenters. The second-order valence-corrected chi connectivity index (χ2v) is 6.22. The van der Waals surface area contributed by atoms with E-state index in [1.165, 1.54) is 0 Å². The van der Waals surface area contributed by atoms with Gasteiger partial charge in [0.25, 0.3) is 0 Å². The number of halogens is 3. The highest BCUT2D eigenvalue weighted by atomic mass is 35.5. The summed E-state index contributed by atoms with van der Waals surface area (Å²) in [4.78, 5) is 0. The largest absolute Gasteiger partial charge is 0.378 e. The molecular formula is C14H18Cl3NO. The standard InChI is InChI=1S/C14H18Cl3NO/c1-8-7-10(5-6-19-8)18-9(2)11-3-4-12(15)14(17)13(11)16/h3-4,8-10,18H,5-7H2,1-2H3. The first-order chi connectivity index (χ1) is 8.99. The first kappa shape index (κ1) is 15.4. The van der Waals surface area contributed by atoms with Gasteiger partial charge in [0.1, 0.15) is 0 Å². The summed E-state index contributed by atoms with van der Waals surface area (Å²) in [5, 5.41) is 5.04. The molecule has 2 nitrogen and oxygen atoms in total. The van der Waals surface area contributed by atoms with Gasteiger partial charge in [-0.25, -0.2) is 0 Å². The quantitative estimate of drug-likeness (QED) is 0.802. The fourth-order valence-electron chi connectivity index (χ4n) is 2.47. The Hall–Kier alpha value is 0.01000. The first-order valence-corrected chi connectivity index (χ1v) is 7.63. The van der Waals surface area contributed by atoms with Gasteiger partial charge in [-0.1, -0.05) is 40.9 Å². The zero-order valence-corrected chi connectivity index (χ0v) is 13.3. The average Bonchev–Trinajstić information content (AvgIpc) is 2.36. The Balaban J connectivity index is 2.07. The van der Waals surface area contributed by atoms with Crippen LogP contribution in [0, 0.1) is 0 Å². The number of benzene rings is 1. The lowest BCUT2D eigenvalue weighted by molar-refractivity contribution is 0.0116. The van der Waals surface area contributed by atoms with Gasteiger partial charge in [-0.05, 0) is 38.3 Å². The molecule has 106 valence electrons. The third-order valence-corrected chi connectivity index (χ3v) is 4.81. The maximum atomic E-state index is 6.26. The van der Waals surface area contributed by atoms with E-state index in [4.69, 9.17) is 39.5 Å². The highest BCUT2D eigenvalue weighted by Crippen LogP contribution is 2.35. The van der Waals surface area contributed by atoms with Gasteiger partial charge in [-0.3, -0.25) is 0 Å². The molecule has 0 bridgehead atoms. The van der Waals surface area contributed by atoms with Crippen LogP contribution in [0.3, 0.4) is 0 Å². The van der Waals surface area contributed by atoms with Crippen molar-refractivity contribution < 1.29 is 4.74 Å². The number of ether oxygens (including phenoxy) is 1. The third kappa shape index (κ3) is 3.77. The van der Waals surface area contributed by atoms with Crippen molar-refractivity contribution >= 4 is 34.8 Å². The minimum atomic E-state index is 0.137. The zero-order chi connectivity index (χ0) is 14.0. The first-order valence-electron chi connectivity index (χ1n) is 6.50. The van der Waals surface area contributed by atoms with Gasteiger partial charge in [0.05, 0.1) is 21.2 Å². The summed E-state index contributed by atoms with van der Waals surface area (Å²) in [5.41, 5.74) is 0.982. The Morgan fingerprint density at radius 2 is 2.00 bits per heavy atom. The van der Waals surface area contributed by atoms with Crippen LogP contribution in [0.4, 0.5) is 0 Å². The van der Waals surface area contributed by atoms with Crippen molar-refractivity contribution in [3.63, 3.8) is 0 Å². The van der Waals surface area contributed by atoms with E-state index in [9.17, 15) is 0 Å². The fraction of sp³-hybridized carbons (Fsp3) is 0.571. The summed E-state index contributed by atoms with van der Waals surface area (Å²) < 4.78 is 5.55. The monoisotopic (exact) mass is 321 g/mol. The molecule has 1 aliphatic heterocycles. The van der Waals surface area contributed by atoms with Crippen molar-refractivity contribution in [2.24, 2.45) is 0 Å². The van der Waals surface area contributed by atoms with Gasteiger partial charge in [0.2, 0.25) is 0 Å². The van der Waals surface area contributed by atoms with Crippen molar-refractivity contribution in [3.8, 4) is 0 Å². The Morgan fingerprint density at radius 3 is 2.68 bits per heavy atom. The maximum absolute atomic E-state index is 6.26. The van der Waals surface area contributed by atoms with Crippen LogP contribution in [0.25, 0.3) is 0 Å². The van der Waals surface area contributed by atoms with E-state index >= 15 is 0 Å². The van der Waals surface area contributed by atoms with E-state index in [2.05, 4.69) is 19.2 Å². The van der Waals surface area contributed by atoms with Crippen molar-refractivity contribution in [2.45, 2.75) is 44.9 Å². The minimum absolute atomic E-state index is 0.137. The lowest BCUT2D eigenvalue weighted by Crippen LogP contribution is -2.39. The molecule has 1 saturated heterocycles. The van der Waals surface area contributed by atoms with Crippen LogP contribution >= 0.6 is 34.8 Å². The normalized spacial score (nSPS) is 25.3. The number of hydrogen-bond acceptors (Lipinski definition) is 2. The van der Waals surface area contributed by atoms with Gasteiger partial charge in [-0.15, -0.1) is 0 Å². The lowest BCUT2D eigenvalue weighted by Gasteiger charge is -2.31. The molecule has 1 heterocycles. The molecule has 0 spiro atoms. The molecule has 1 N–H and O–H groups in total.